The lowest BCUT2D eigenvalue weighted by atomic mass is 9.96. The highest BCUT2D eigenvalue weighted by atomic mass is 35.5. The lowest BCUT2D eigenvalue weighted by molar-refractivity contribution is -0.128. The van der Waals surface area contributed by atoms with Crippen molar-refractivity contribution in [2.45, 2.75) is 32.9 Å². The number of ether oxygens (including phenoxy) is 1. The zero-order chi connectivity index (χ0) is 19.6. The molecule has 0 aliphatic carbocycles. The van der Waals surface area contributed by atoms with Crippen molar-refractivity contribution in [2.24, 2.45) is 5.92 Å². The number of fused-ring (bicyclic) bond motifs is 1. The largest absolute Gasteiger partial charge is 0.479 e. The number of anilines is 1. The highest BCUT2D eigenvalue weighted by molar-refractivity contribution is 6.30. The SMILES string of the molecule is CC1Oc2ccccc2N(CC(=O)NC(c2ccc(Cl)cc2)C(C)C)C1=O. The fourth-order valence-electron chi connectivity index (χ4n) is 3.19. The third-order valence-corrected chi connectivity index (χ3v) is 4.84. The quantitative estimate of drug-likeness (QED) is 0.845. The van der Waals surface area contributed by atoms with Crippen LogP contribution in [0.2, 0.25) is 5.02 Å². The summed E-state index contributed by atoms with van der Waals surface area (Å²) in [6.45, 7) is 5.71. The number of hydrogen-bond acceptors (Lipinski definition) is 3. The number of halogens is 1. The Morgan fingerprint density at radius 2 is 1.85 bits per heavy atom. The van der Waals surface area contributed by atoms with Crippen LogP contribution in [0.5, 0.6) is 5.75 Å². The molecule has 0 saturated carbocycles. The first-order chi connectivity index (χ1) is 12.9. The lowest BCUT2D eigenvalue weighted by Crippen LogP contribution is -2.49. The second-order valence-electron chi connectivity index (χ2n) is 6.99. The predicted octanol–water partition coefficient (Wildman–Crippen LogP) is 3.97. The van der Waals surface area contributed by atoms with Crippen molar-refractivity contribution in [1.29, 1.82) is 0 Å². The van der Waals surface area contributed by atoms with E-state index in [0.717, 1.165) is 5.56 Å². The first-order valence-corrected chi connectivity index (χ1v) is 9.36. The number of para-hydroxylation sites is 2. The number of carbonyl (C=O) groups excluding carboxylic acids is 2. The number of nitrogens with one attached hydrogen (secondary N) is 1. The minimum Gasteiger partial charge on any atom is -0.479 e. The van der Waals surface area contributed by atoms with Gasteiger partial charge in [-0.05, 0) is 42.7 Å². The Kier molecular flexibility index (Phi) is 5.71. The van der Waals surface area contributed by atoms with E-state index in [4.69, 9.17) is 16.3 Å². The van der Waals surface area contributed by atoms with Gasteiger partial charge >= 0.3 is 0 Å². The van der Waals surface area contributed by atoms with E-state index in [1.165, 1.54) is 4.90 Å². The summed E-state index contributed by atoms with van der Waals surface area (Å²) in [5.74, 6) is 0.342. The Hall–Kier alpha value is -2.53. The molecule has 2 atom stereocenters. The van der Waals surface area contributed by atoms with E-state index in [-0.39, 0.29) is 30.3 Å². The number of carbonyl (C=O) groups is 2. The molecule has 1 aliphatic heterocycles. The molecule has 0 spiro atoms. The van der Waals surface area contributed by atoms with Crippen LogP contribution in [0.3, 0.4) is 0 Å². The van der Waals surface area contributed by atoms with Gasteiger partial charge in [0.25, 0.3) is 5.91 Å². The van der Waals surface area contributed by atoms with Gasteiger partial charge in [-0.15, -0.1) is 0 Å². The summed E-state index contributed by atoms with van der Waals surface area (Å²) in [6, 6.07) is 14.5. The van der Waals surface area contributed by atoms with Crippen molar-refractivity contribution < 1.29 is 14.3 Å². The van der Waals surface area contributed by atoms with Gasteiger partial charge in [-0.1, -0.05) is 49.7 Å². The fourth-order valence-corrected chi connectivity index (χ4v) is 3.32. The third-order valence-electron chi connectivity index (χ3n) is 4.59. The van der Waals surface area contributed by atoms with Crippen molar-refractivity contribution in [2.75, 3.05) is 11.4 Å². The van der Waals surface area contributed by atoms with E-state index in [1.54, 1.807) is 19.1 Å². The lowest BCUT2D eigenvalue weighted by Gasteiger charge is -2.33. The van der Waals surface area contributed by atoms with Crippen LogP contribution in [0.25, 0.3) is 0 Å². The van der Waals surface area contributed by atoms with E-state index in [0.29, 0.717) is 16.5 Å². The van der Waals surface area contributed by atoms with Crippen LogP contribution in [-0.2, 0) is 9.59 Å². The van der Waals surface area contributed by atoms with Gasteiger partial charge in [0.1, 0.15) is 12.3 Å². The molecule has 0 radical (unpaired) electrons. The van der Waals surface area contributed by atoms with E-state index < -0.39 is 6.10 Å². The highest BCUT2D eigenvalue weighted by Gasteiger charge is 2.33. The van der Waals surface area contributed by atoms with Crippen LogP contribution in [0.1, 0.15) is 32.4 Å². The van der Waals surface area contributed by atoms with Crippen LogP contribution in [0, 0.1) is 5.92 Å². The van der Waals surface area contributed by atoms with Gasteiger partial charge in [0.15, 0.2) is 6.10 Å². The van der Waals surface area contributed by atoms with Gasteiger partial charge in [-0.2, -0.15) is 0 Å². The van der Waals surface area contributed by atoms with E-state index >= 15 is 0 Å². The molecule has 2 amide bonds. The molecule has 2 aromatic carbocycles. The Morgan fingerprint density at radius 3 is 2.52 bits per heavy atom. The normalized spacial score (nSPS) is 17.3. The maximum atomic E-state index is 12.8. The minimum atomic E-state index is -0.620. The number of nitrogens with zero attached hydrogens (tertiary/aromatic N) is 1. The van der Waals surface area contributed by atoms with Crippen molar-refractivity contribution >= 4 is 29.1 Å². The van der Waals surface area contributed by atoms with Crippen molar-refractivity contribution in [1.82, 2.24) is 5.32 Å². The molecule has 142 valence electrons. The number of hydrogen-bond donors (Lipinski definition) is 1. The first-order valence-electron chi connectivity index (χ1n) is 8.98. The third kappa shape index (κ3) is 4.25. The van der Waals surface area contributed by atoms with Crippen molar-refractivity contribution in [3.8, 4) is 5.75 Å². The van der Waals surface area contributed by atoms with E-state index in [9.17, 15) is 9.59 Å². The molecule has 3 rings (SSSR count). The van der Waals surface area contributed by atoms with Crippen LogP contribution in [0.4, 0.5) is 5.69 Å². The smallest absolute Gasteiger partial charge is 0.268 e. The summed E-state index contributed by atoms with van der Waals surface area (Å²) < 4.78 is 5.62. The number of rotatable bonds is 5. The molecule has 1 heterocycles. The van der Waals surface area contributed by atoms with Gasteiger partial charge in [0.2, 0.25) is 5.91 Å². The summed E-state index contributed by atoms with van der Waals surface area (Å²) >= 11 is 5.96. The van der Waals surface area contributed by atoms with Gasteiger partial charge < -0.3 is 10.1 Å². The fraction of sp³-hybridized carbons (Fsp3) is 0.333. The van der Waals surface area contributed by atoms with Crippen molar-refractivity contribution in [3.05, 3.63) is 59.1 Å². The maximum Gasteiger partial charge on any atom is 0.268 e. The average molecular weight is 387 g/mol. The zero-order valence-corrected chi connectivity index (χ0v) is 16.4. The Labute approximate surface area is 164 Å². The molecular formula is C21H23ClN2O3. The molecule has 2 aromatic rings. The molecular weight excluding hydrogens is 364 g/mol. The van der Waals surface area contributed by atoms with Crippen molar-refractivity contribution in [3.63, 3.8) is 0 Å². The summed E-state index contributed by atoms with van der Waals surface area (Å²) in [4.78, 5) is 26.8. The molecule has 2 unspecified atom stereocenters. The molecule has 0 fully saturated rings. The van der Waals surface area contributed by atoms with Gasteiger partial charge in [-0.25, -0.2) is 0 Å². The molecule has 6 heteroatoms. The second-order valence-corrected chi connectivity index (χ2v) is 7.43. The number of benzene rings is 2. The molecule has 27 heavy (non-hydrogen) atoms. The Bertz CT molecular complexity index is 836. The summed E-state index contributed by atoms with van der Waals surface area (Å²) in [5.41, 5.74) is 1.59. The van der Waals surface area contributed by atoms with E-state index in [1.807, 2.05) is 50.2 Å². The monoisotopic (exact) mass is 386 g/mol. The predicted molar refractivity (Wildman–Crippen MR) is 106 cm³/mol. The van der Waals surface area contributed by atoms with Crippen LogP contribution < -0.4 is 15.0 Å². The van der Waals surface area contributed by atoms with Gasteiger partial charge in [0.05, 0.1) is 11.7 Å². The first kappa shape index (κ1) is 19.2. The Balaban J connectivity index is 1.78. The standard InChI is InChI=1S/C21H23ClN2O3/c1-13(2)20(15-8-10-16(22)11-9-15)23-19(25)12-24-17-6-4-5-7-18(17)27-14(3)21(24)26/h4-11,13-14,20H,12H2,1-3H3,(H,23,25). The minimum absolute atomic E-state index is 0.0552. The molecule has 0 saturated heterocycles. The van der Waals surface area contributed by atoms with Gasteiger partial charge in [-0.3, -0.25) is 14.5 Å². The highest BCUT2D eigenvalue weighted by Crippen LogP contribution is 2.33. The molecule has 0 aromatic heterocycles. The van der Waals surface area contributed by atoms with Crippen LogP contribution >= 0.6 is 11.6 Å². The van der Waals surface area contributed by atoms with E-state index in [2.05, 4.69) is 5.32 Å². The molecule has 0 bridgehead atoms. The topological polar surface area (TPSA) is 58.6 Å². The van der Waals surface area contributed by atoms with Crippen LogP contribution in [0.15, 0.2) is 48.5 Å². The second kappa shape index (κ2) is 8.01. The van der Waals surface area contributed by atoms with Crippen LogP contribution in [-0.4, -0.2) is 24.5 Å². The molecule has 1 N–H and O–H groups in total. The zero-order valence-electron chi connectivity index (χ0n) is 15.6. The summed E-state index contributed by atoms with van der Waals surface area (Å²) in [5, 5.41) is 3.70. The molecule has 1 aliphatic rings. The molecule has 5 nitrogen and oxygen atoms in total. The maximum absolute atomic E-state index is 12.8. The number of amides is 2. The summed E-state index contributed by atoms with van der Waals surface area (Å²) in [7, 11) is 0. The Morgan fingerprint density at radius 1 is 1.19 bits per heavy atom. The summed E-state index contributed by atoms with van der Waals surface area (Å²) in [6.07, 6.45) is -0.620. The average Bonchev–Trinajstić information content (AvgIpc) is 2.64. The van der Waals surface area contributed by atoms with Gasteiger partial charge in [0, 0.05) is 5.02 Å².